The number of hydrogen-bond acceptors (Lipinski definition) is 3. The molecule has 6 heteroatoms. The molecule has 6 aromatic carbocycles. The Morgan fingerprint density at radius 2 is 0.882 bits per heavy atom. The maximum Gasteiger partial charge on any atom is 0.335 e. The SMILES string of the molecule is C=C[Si](C)(c1ccccc1)c1ccc(C(O)(c2ccccc2)C(O)(c2ccccc2)c2ccccc2)c(C(=O)O)c1[Si](C)(C=C)c1ccccc1. The van der Waals surface area contributed by atoms with Crippen molar-refractivity contribution in [2.75, 3.05) is 0 Å². The van der Waals surface area contributed by atoms with Gasteiger partial charge in [-0.15, -0.1) is 13.2 Å². The molecule has 0 aliphatic carbocycles. The summed E-state index contributed by atoms with van der Waals surface area (Å²) in [6.07, 6.45) is 0. The van der Waals surface area contributed by atoms with Gasteiger partial charge in [0.05, 0.1) is 5.56 Å². The van der Waals surface area contributed by atoms with Crippen LogP contribution in [0, 0.1) is 0 Å². The molecule has 0 spiro atoms. The summed E-state index contributed by atoms with van der Waals surface area (Å²) in [7, 11) is -5.99. The summed E-state index contributed by atoms with van der Waals surface area (Å²) < 4.78 is 0. The van der Waals surface area contributed by atoms with Crippen molar-refractivity contribution in [2.24, 2.45) is 0 Å². The molecule has 3 unspecified atom stereocenters. The summed E-state index contributed by atoms with van der Waals surface area (Å²) >= 11 is 0. The van der Waals surface area contributed by atoms with E-state index in [4.69, 9.17) is 0 Å². The van der Waals surface area contributed by atoms with Crippen molar-refractivity contribution in [3.05, 3.63) is 216 Å². The number of benzene rings is 6. The fraction of sp³-hybridized carbons (Fsp3) is 0.0889. The highest BCUT2D eigenvalue weighted by molar-refractivity contribution is 7.13. The predicted octanol–water partition coefficient (Wildman–Crippen LogP) is 6.39. The van der Waals surface area contributed by atoms with Crippen LogP contribution in [0.15, 0.2) is 188 Å². The molecule has 0 fully saturated rings. The highest BCUT2D eigenvalue weighted by Crippen LogP contribution is 2.50. The zero-order valence-electron chi connectivity index (χ0n) is 28.9. The van der Waals surface area contributed by atoms with Gasteiger partial charge in [-0.25, -0.2) is 4.79 Å². The third kappa shape index (κ3) is 5.76. The molecule has 0 radical (unpaired) electrons. The van der Waals surface area contributed by atoms with Crippen LogP contribution in [0.5, 0.6) is 0 Å². The Kier molecular flexibility index (Phi) is 9.80. The van der Waals surface area contributed by atoms with Crippen LogP contribution in [0.1, 0.15) is 32.6 Å². The predicted molar refractivity (Wildman–Crippen MR) is 214 cm³/mol. The Bertz CT molecular complexity index is 2120. The second kappa shape index (κ2) is 14.1. The molecule has 254 valence electrons. The molecule has 4 nitrogen and oxygen atoms in total. The third-order valence-corrected chi connectivity index (χ3v) is 18.6. The monoisotopic (exact) mass is 702 g/mol. The second-order valence-electron chi connectivity index (χ2n) is 13.3. The lowest BCUT2D eigenvalue weighted by Crippen LogP contribution is -2.70. The second-order valence-corrected chi connectivity index (χ2v) is 21.1. The summed E-state index contributed by atoms with van der Waals surface area (Å²) in [5, 5.41) is 42.4. The minimum atomic E-state index is -3.14. The lowest BCUT2D eigenvalue weighted by atomic mass is 9.65. The number of carboxylic acids is 1. The van der Waals surface area contributed by atoms with Gasteiger partial charge in [-0.3, -0.25) is 0 Å². The number of rotatable bonds is 12. The summed E-state index contributed by atoms with van der Waals surface area (Å²) in [6.45, 7) is 13.0. The highest BCUT2D eigenvalue weighted by atomic mass is 28.3. The van der Waals surface area contributed by atoms with Crippen molar-refractivity contribution >= 4 is 42.9 Å². The molecular formula is C45H42O4Si2. The quantitative estimate of drug-likeness (QED) is 0.129. The Morgan fingerprint density at radius 3 is 1.25 bits per heavy atom. The molecule has 0 aliphatic rings. The van der Waals surface area contributed by atoms with Crippen LogP contribution in [0.2, 0.25) is 13.1 Å². The van der Waals surface area contributed by atoms with Crippen LogP contribution in [0.3, 0.4) is 0 Å². The summed E-state index contributed by atoms with van der Waals surface area (Å²) in [5.74, 6) is -1.20. The van der Waals surface area contributed by atoms with Crippen LogP contribution in [0.25, 0.3) is 0 Å². The largest absolute Gasteiger partial charge is 0.478 e. The van der Waals surface area contributed by atoms with Gasteiger partial charge >= 0.3 is 5.97 Å². The molecule has 0 saturated carbocycles. The van der Waals surface area contributed by atoms with Crippen molar-refractivity contribution in [1.29, 1.82) is 0 Å². The Balaban J connectivity index is 1.85. The minimum Gasteiger partial charge on any atom is -0.478 e. The van der Waals surface area contributed by atoms with Gasteiger partial charge in [0.25, 0.3) is 0 Å². The topological polar surface area (TPSA) is 77.8 Å². The first-order chi connectivity index (χ1) is 24.6. The van der Waals surface area contributed by atoms with Crippen LogP contribution < -0.4 is 20.7 Å². The maximum absolute atomic E-state index is 14.2. The van der Waals surface area contributed by atoms with E-state index in [2.05, 4.69) is 38.4 Å². The first-order valence-electron chi connectivity index (χ1n) is 17.0. The van der Waals surface area contributed by atoms with E-state index in [-0.39, 0.29) is 11.1 Å². The van der Waals surface area contributed by atoms with Crippen LogP contribution in [-0.4, -0.2) is 37.4 Å². The lowest BCUT2D eigenvalue weighted by Gasteiger charge is -2.47. The Labute approximate surface area is 302 Å². The van der Waals surface area contributed by atoms with Gasteiger partial charge in [-0.1, -0.05) is 199 Å². The van der Waals surface area contributed by atoms with Gasteiger partial charge < -0.3 is 15.3 Å². The number of hydrogen-bond donors (Lipinski definition) is 3. The minimum absolute atomic E-state index is 0.0430. The standard InChI is InChI=1S/C45H42O4Si2/c1-5-50(3,37-28-18-10-19-29-37)40-33-32-39(41(43(46)47)42(40)51(4,6-2)38-30-20-11-21-31-38)45(49,36-26-16-9-17-27-36)44(48,34-22-12-7-13-23-34)35-24-14-8-15-25-35/h5-33,48-49H,1-2H2,3-4H3,(H,46,47). The van der Waals surface area contributed by atoms with Gasteiger partial charge in [-0.2, -0.15) is 0 Å². The van der Waals surface area contributed by atoms with E-state index in [1.165, 1.54) is 0 Å². The molecule has 3 atom stereocenters. The van der Waals surface area contributed by atoms with Crippen molar-refractivity contribution in [3.63, 3.8) is 0 Å². The smallest absolute Gasteiger partial charge is 0.335 e. The molecule has 0 aliphatic heterocycles. The zero-order valence-corrected chi connectivity index (χ0v) is 30.9. The summed E-state index contributed by atoms with van der Waals surface area (Å²) in [4.78, 5) is 14.2. The van der Waals surface area contributed by atoms with E-state index in [9.17, 15) is 20.1 Å². The first kappa shape index (κ1) is 35.4. The van der Waals surface area contributed by atoms with Crippen molar-refractivity contribution in [3.8, 4) is 0 Å². The van der Waals surface area contributed by atoms with Crippen molar-refractivity contribution in [2.45, 2.75) is 24.3 Å². The summed E-state index contributed by atoms with van der Waals surface area (Å²) in [5.41, 5.74) is 0.665. The number of carbonyl (C=O) groups is 1. The Morgan fingerprint density at radius 1 is 0.529 bits per heavy atom. The molecule has 6 rings (SSSR count). The molecule has 6 aromatic rings. The van der Waals surface area contributed by atoms with E-state index < -0.39 is 33.3 Å². The number of aromatic carboxylic acids is 1. The van der Waals surface area contributed by atoms with Crippen LogP contribution in [0.4, 0.5) is 0 Å². The molecule has 51 heavy (non-hydrogen) atoms. The van der Waals surface area contributed by atoms with E-state index in [1.54, 1.807) is 78.9 Å². The highest BCUT2D eigenvalue weighted by Gasteiger charge is 2.57. The third-order valence-electron chi connectivity index (χ3n) is 10.5. The van der Waals surface area contributed by atoms with E-state index in [0.29, 0.717) is 21.9 Å². The first-order valence-corrected chi connectivity index (χ1v) is 22.1. The average molecular weight is 703 g/mol. The molecular weight excluding hydrogens is 661 g/mol. The Hall–Kier alpha value is -5.38. The fourth-order valence-electron chi connectivity index (χ4n) is 7.60. The van der Waals surface area contributed by atoms with Gasteiger partial charge in [-0.05, 0) is 27.1 Å². The van der Waals surface area contributed by atoms with Crippen molar-refractivity contribution < 1.29 is 20.1 Å². The van der Waals surface area contributed by atoms with E-state index in [0.717, 1.165) is 15.6 Å². The maximum atomic E-state index is 14.2. The molecule has 0 amide bonds. The van der Waals surface area contributed by atoms with E-state index >= 15 is 0 Å². The molecule has 3 N–H and O–H groups in total. The average Bonchev–Trinajstić information content (AvgIpc) is 3.20. The van der Waals surface area contributed by atoms with Gasteiger partial charge in [0.15, 0.2) is 11.2 Å². The summed E-state index contributed by atoms with van der Waals surface area (Å²) in [6, 6.07) is 50.6. The molecule has 0 bridgehead atoms. The number of carboxylic acid groups (broad SMARTS) is 1. The molecule has 0 saturated heterocycles. The van der Waals surface area contributed by atoms with Gasteiger partial charge in [0.1, 0.15) is 16.1 Å². The lowest BCUT2D eigenvalue weighted by molar-refractivity contribution is -0.113. The zero-order chi connectivity index (χ0) is 36.3. The molecule has 0 heterocycles. The number of aliphatic hydroxyl groups is 2. The van der Waals surface area contributed by atoms with Crippen LogP contribution >= 0.6 is 0 Å². The van der Waals surface area contributed by atoms with Crippen LogP contribution in [-0.2, 0) is 11.2 Å². The normalized spacial score (nSPS) is 15.1. The van der Waals surface area contributed by atoms with Crippen molar-refractivity contribution in [1.82, 2.24) is 0 Å². The van der Waals surface area contributed by atoms with E-state index in [1.807, 2.05) is 84.2 Å². The van der Waals surface area contributed by atoms with Gasteiger partial charge in [0, 0.05) is 5.56 Å². The van der Waals surface area contributed by atoms with Gasteiger partial charge in [0.2, 0.25) is 0 Å². The fourth-order valence-corrected chi connectivity index (χ4v) is 14.9. The molecule has 0 aromatic heterocycles.